The summed E-state index contributed by atoms with van der Waals surface area (Å²) in [5.41, 5.74) is 11.1. The second-order valence-corrected chi connectivity index (χ2v) is 16.9. The lowest BCUT2D eigenvalue weighted by Crippen LogP contribution is -2.15. The van der Waals surface area contributed by atoms with Crippen LogP contribution in [-0.4, -0.2) is 0 Å². The Morgan fingerprint density at radius 1 is 0.292 bits per heavy atom. The average molecular weight is 855 g/mol. The molecule has 0 saturated carbocycles. The predicted octanol–water partition coefficient (Wildman–Crippen LogP) is 15.5. The fourth-order valence-electron chi connectivity index (χ4n) is 8.94. The van der Waals surface area contributed by atoms with Crippen LogP contribution in [0.2, 0.25) is 5.02 Å². The molecular formula is C60H43ClN4. The van der Waals surface area contributed by atoms with E-state index in [1.54, 1.807) is 0 Å². The zero-order chi connectivity index (χ0) is 43.5. The van der Waals surface area contributed by atoms with Crippen molar-refractivity contribution in [3.63, 3.8) is 0 Å². The minimum absolute atomic E-state index is 0.794. The van der Waals surface area contributed by atoms with E-state index in [4.69, 9.17) is 21.6 Å². The predicted molar refractivity (Wildman–Crippen MR) is 274 cm³/mol. The first-order valence-corrected chi connectivity index (χ1v) is 22.4. The topological polar surface area (TPSA) is 48.8 Å². The smallest absolute Gasteiger partial charge is 0.0795 e. The molecular weight excluding hydrogens is 812 g/mol. The third kappa shape index (κ3) is 8.31. The van der Waals surface area contributed by atoms with Crippen molar-refractivity contribution in [1.82, 2.24) is 0 Å². The number of hydrogen-bond acceptors (Lipinski definition) is 4. The van der Waals surface area contributed by atoms with Crippen molar-refractivity contribution in [2.45, 2.75) is 12.8 Å². The van der Waals surface area contributed by atoms with Crippen LogP contribution in [0, 0.1) is 0 Å². The maximum absolute atomic E-state index is 5.54. The summed E-state index contributed by atoms with van der Waals surface area (Å²) >= 11 is 5.54. The van der Waals surface area contributed by atoms with Crippen LogP contribution in [0.15, 0.2) is 234 Å². The van der Waals surface area contributed by atoms with Gasteiger partial charge in [-0.2, -0.15) is 0 Å². The number of hydrogen-bond donors (Lipinski definition) is 2. The Labute approximate surface area is 382 Å². The van der Waals surface area contributed by atoms with E-state index in [0.29, 0.717) is 0 Å². The second kappa shape index (κ2) is 17.6. The summed E-state index contributed by atoms with van der Waals surface area (Å²) < 4.78 is 0. The molecule has 0 aromatic heterocycles. The van der Waals surface area contributed by atoms with Crippen molar-refractivity contribution in [2.75, 3.05) is 10.6 Å². The van der Waals surface area contributed by atoms with Gasteiger partial charge in [0, 0.05) is 59.5 Å². The number of fused-ring (bicyclic) bond motifs is 1. The van der Waals surface area contributed by atoms with Gasteiger partial charge in [-0.3, -0.25) is 0 Å². The molecule has 0 spiro atoms. The zero-order valence-electron chi connectivity index (χ0n) is 35.5. The Balaban J connectivity index is 0.000000615. The van der Waals surface area contributed by atoms with Gasteiger partial charge in [0.05, 0.1) is 33.5 Å². The molecule has 11 aromatic carbocycles. The van der Waals surface area contributed by atoms with E-state index >= 15 is 0 Å². The summed E-state index contributed by atoms with van der Waals surface area (Å²) in [5.74, 6) is 0. The van der Waals surface area contributed by atoms with E-state index in [9.17, 15) is 0 Å². The zero-order valence-corrected chi connectivity index (χ0v) is 36.3. The summed E-state index contributed by atoms with van der Waals surface area (Å²) in [6, 6.07) is 78.8. The molecule has 2 N–H and O–H groups in total. The lowest BCUT2D eigenvalue weighted by Gasteiger charge is -2.19. The summed E-state index contributed by atoms with van der Waals surface area (Å²) in [4.78, 5) is 10.6. The van der Waals surface area contributed by atoms with E-state index in [0.717, 1.165) is 84.2 Å². The number of nitrogens with one attached hydrogen (secondary N) is 2. The van der Waals surface area contributed by atoms with Crippen molar-refractivity contribution < 1.29 is 0 Å². The molecule has 14 aliphatic rings. The Bertz CT molecular complexity index is 3280. The van der Waals surface area contributed by atoms with Crippen LogP contribution in [0.4, 0.5) is 34.1 Å². The molecule has 14 heterocycles. The molecule has 5 heteroatoms. The van der Waals surface area contributed by atoms with Crippen LogP contribution in [0.1, 0.15) is 22.3 Å². The number of halogens is 1. The molecule has 0 fully saturated rings. The monoisotopic (exact) mass is 854 g/mol. The fraction of sp³-hybridized carbons (Fsp3) is 0.0333. The first-order chi connectivity index (χ1) is 32.1. The quantitative estimate of drug-likeness (QED) is 0.149. The van der Waals surface area contributed by atoms with Crippen molar-refractivity contribution >= 4 is 88.8 Å². The number of benzene rings is 11. The highest BCUT2D eigenvalue weighted by Gasteiger charge is 2.15. The van der Waals surface area contributed by atoms with Crippen LogP contribution in [0.25, 0.3) is 43.1 Å². The van der Waals surface area contributed by atoms with Gasteiger partial charge in [-0.15, -0.1) is 0 Å². The molecule has 0 atom stereocenters. The molecule has 4 nitrogen and oxygen atoms in total. The maximum atomic E-state index is 5.54. The number of anilines is 4. The Kier molecular flexibility index (Phi) is 10.8. The fourth-order valence-corrected chi connectivity index (χ4v) is 9.09. The highest BCUT2D eigenvalue weighted by molar-refractivity contribution is 6.30. The van der Waals surface area contributed by atoms with E-state index in [-0.39, 0.29) is 0 Å². The van der Waals surface area contributed by atoms with E-state index < -0.39 is 0 Å². The average Bonchev–Trinajstić information content (AvgIpc) is 3.36. The third-order valence-electron chi connectivity index (χ3n) is 12.2. The lowest BCUT2D eigenvalue weighted by molar-refractivity contribution is 1.19. The summed E-state index contributed by atoms with van der Waals surface area (Å²) in [6.45, 7) is 0. The maximum Gasteiger partial charge on any atom is 0.0795 e. The molecule has 0 amide bonds. The molecule has 0 saturated heterocycles. The van der Waals surface area contributed by atoms with Crippen LogP contribution in [0.3, 0.4) is 0 Å². The van der Waals surface area contributed by atoms with Crippen molar-refractivity contribution in [3.05, 3.63) is 262 Å². The summed E-state index contributed by atoms with van der Waals surface area (Å²) in [6.07, 6.45) is 1.66. The number of nitrogens with zero attached hydrogens (tertiary/aromatic N) is 2. The van der Waals surface area contributed by atoms with Crippen LogP contribution < -0.4 is 21.3 Å². The van der Waals surface area contributed by atoms with Gasteiger partial charge in [0.15, 0.2) is 0 Å². The largest absolute Gasteiger partial charge is 0.355 e. The first kappa shape index (κ1) is 39.8. The van der Waals surface area contributed by atoms with Crippen molar-refractivity contribution in [3.8, 4) is 0 Å². The van der Waals surface area contributed by atoms with Gasteiger partial charge in [0.25, 0.3) is 0 Å². The molecule has 65 heavy (non-hydrogen) atoms. The molecule has 25 rings (SSSR count). The third-order valence-corrected chi connectivity index (χ3v) is 12.4. The minimum atomic E-state index is 0.794. The molecule has 310 valence electrons. The minimum Gasteiger partial charge on any atom is -0.355 e. The highest BCUT2D eigenvalue weighted by atomic mass is 35.5. The molecule has 12 bridgehead atoms. The first-order valence-electron chi connectivity index (χ1n) is 22.0. The molecule has 0 radical (unpaired) electrons. The number of rotatable bonds is 0. The van der Waals surface area contributed by atoms with Gasteiger partial charge in [0.2, 0.25) is 0 Å². The van der Waals surface area contributed by atoms with E-state index in [1.165, 1.54) is 43.8 Å². The normalized spacial score (nSPS) is 12.1. The van der Waals surface area contributed by atoms with Gasteiger partial charge in [0.1, 0.15) is 0 Å². The van der Waals surface area contributed by atoms with Gasteiger partial charge >= 0.3 is 0 Å². The van der Waals surface area contributed by atoms with Crippen molar-refractivity contribution in [2.24, 2.45) is 9.98 Å². The van der Waals surface area contributed by atoms with Gasteiger partial charge in [-0.05, 0) is 95.8 Å². The molecule has 14 aliphatic heterocycles. The highest BCUT2D eigenvalue weighted by Crippen LogP contribution is 2.42. The molecule has 0 aliphatic carbocycles. The second-order valence-electron chi connectivity index (χ2n) is 16.5. The van der Waals surface area contributed by atoms with Crippen LogP contribution >= 0.6 is 11.6 Å². The molecule has 11 aromatic rings. The summed E-state index contributed by atoms with van der Waals surface area (Å²) in [5, 5.41) is 19.4. The Morgan fingerprint density at radius 2 is 0.569 bits per heavy atom. The van der Waals surface area contributed by atoms with E-state index in [2.05, 4.69) is 205 Å². The molecule has 0 unspecified atom stereocenters. The SMILES string of the molecule is Clc1ccccc1.c1ccc2c3c4ccccc4c(c2c1)Nc1ccc(cc1)Cc1ccc(cc1)N=c1c2ccccc2c(c2ccccc12)=Nc1ccc(cc1)Cc1ccc(cc1)N3. The van der Waals surface area contributed by atoms with Crippen LogP contribution in [-0.2, 0) is 12.8 Å². The Morgan fingerprint density at radius 3 is 0.862 bits per heavy atom. The Hall–Kier alpha value is -8.05. The van der Waals surface area contributed by atoms with Gasteiger partial charge in [-0.1, -0.05) is 175 Å². The lowest BCUT2D eigenvalue weighted by atomic mass is 9.97. The van der Waals surface area contributed by atoms with Gasteiger partial charge < -0.3 is 10.6 Å². The van der Waals surface area contributed by atoms with Crippen LogP contribution in [0.5, 0.6) is 0 Å². The van der Waals surface area contributed by atoms with Gasteiger partial charge in [-0.25, -0.2) is 9.98 Å². The van der Waals surface area contributed by atoms with Crippen molar-refractivity contribution in [1.29, 1.82) is 0 Å². The van der Waals surface area contributed by atoms with E-state index in [1.807, 2.05) is 30.3 Å². The summed E-state index contributed by atoms with van der Waals surface area (Å²) in [7, 11) is 0. The standard InChI is InChI=1S/C54H38N4.C6H5Cl/c1-2-10-44-43(9-1)51-45-11-3-4-12-46(45)52(44)56-40-27-19-36(20-28-40)34-38-23-31-42(32-24-38)58-54-49-15-7-5-13-47(49)53(48-14-6-8-16-50(48)54)57-41-29-21-37(22-30-41)33-35-17-25-39(55-51)26-18-35;7-6-4-2-1-3-5-6/h1-32,55-56H,33-34H2;1-5H.